The summed E-state index contributed by atoms with van der Waals surface area (Å²) in [7, 11) is 0. The molecule has 8 nitrogen and oxygen atoms in total. The topological polar surface area (TPSA) is 91.3 Å². The standard InChI is InChI=1S/C20H17ClF3N5O3/c21-14-9-12(20(22,23)24)10-25-17(14)28-7-5-27(6-8-28)16(30)11-29-15-4-2-1-3-13(15)18(31)26-19(29)32/h1-4,9-10H,5-8,11H2,(H,26,31,32). The first-order valence-corrected chi connectivity index (χ1v) is 10.0. The molecule has 0 unspecified atom stereocenters. The normalized spacial score (nSPS) is 14.8. The van der Waals surface area contributed by atoms with Crippen LogP contribution in [-0.4, -0.2) is 51.5 Å². The van der Waals surface area contributed by atoms with Gasteiger partial charge in [0.05, 0.1) is 21.5 Å². The SMILES string of the molecule is O=C(Cn1c(=O)[nH]c(=O)c2ccccc21)N1CCN(c2ncc(C(F)(F)F)cc2Cl)CC1. The van der Waals surface area contributed by atoms with Crippen molar-refractivity contribution in [3.05, 3.63) is 68.0 Å². The van der Waals surface area contributed by atoms with Crippen molar-refractivity contribution < 1.29 is 18.0 Å². The molecule has 1 aliphatic heterocycles. The van der Waals surface area contributed by atoms with Crippen LogP contribution in [0.5, 0.6) is 0 Å². The molecule has 168 valence electrons. The van der Waals surface area contributed by atoms with E-state index in [1.807, 2.05) is 0 Å². The number of aromatic nitrogens is 3. The summed E-state index contributed by atoms with van der Waals surface area (Å²) in [4.78, 5) is 46.3. The lowest BCUT2D eigenvalue weighted by Crippen LogP contribution is -2.50. The van der Waals surface area contributed by atoms with E-state index in [-0.39, 0.29) is 36.4 Å². The number of hydrogen-bond donors (Lipinski definition) is 1. The van der Waals surface area contributed by atoms with E-state index >= 15 is 0 Å². The molecule has 1 saturated heterocycles. The number of amides is 1. The fourth-order valence-corrected chi connectivity index (χ4v) is 3.91. The monoisotopic (exact) mass is 467 g/mol. The van der Waals surface area contributed by atoms with E-state index in [0.717, 1.165) is 12.3 Å². The van der Waals surface area contributed by atoms with Crippen LogP contribution in [0.2, 0.25) is 5.02 Å². The van der Waals surface area contributed by atoms with Crippen molar-refractivity contribution in [1.29, 1.82) is 0 Å². The highest BCUT2D eigenvalue weighted by Crippen LogP contribution is 2.33. The number of benzene rings is 1. The van der Waals surface area contributed by atoms with Crippen LogP contribution in [0.3, 0.4) is 0 Å². The highest BCUT2D eigenvalue weighted by atomic mass is 35.5. The molecule has 1 aromatic carbocycles. The molecule has 2 aromatic heterocycles. The molecular weight excluding hydrogens is 451 g/mol. The third-order valence-corrected chi connectivity index (χ3v) is 5.56. The Balaban J connectivity index is 1.47. The number of nitrogens with one attached hydrogen (secondary N) is 1. The zero-order valence-corrected chi connectivity index (χ0v) is 17.3. The van der Waals surface area contributed by atoms with Gasteiger partial charge in [0.25, 0.3) is 5.56 Å². The van der Waals surface area contributed by atoms with E-state index in [9.17, 15) is 27.6 Å². The van der Waals surface area contributed by atoms with Gasteiger partial charge in [-0.05, 0) is 18.2 Å². The minimum Gasteiger partial charge on any atom is -0.352 e. The van der Waals surface area contributed by atoms with Crippen molar-refractivity contribution in [1.82, 2.24) is 19.4 Å². The Bertz CT molecular complexity index is 1300. The van der Waals surface area contributed by atoms with Crippen molar-refractivity contribution in [2.24, 2.45) is 0 Å². The maximum Gasteiger partial charge on any atom is 0.417 e. The summed E-state index contributed by atoms with van der Waals surface area (Å²) >= 11 is 6.01. The van der Waals surface area contributed by atoms with Crippen LogP contribution in [0.25, 0.3) is 10.9 Å². The molecule has 1 fully saturated rings. The summed E-state index contributed by atoms with van der Waals surface area (Å²) in [5.74, 6) is -0.106. The maximum atomic E-state index is 12.8. The van der Waals surface area contributed by atoms with Crippen molar-refractivity contribution in [2.45, 2.75) is 12.7 Å². The van der Waals surface area contributed by atoms with E-state index in [0.29, 0.717) is 24.0 Å². The van der Waals surface area contributed by atoms with Gasteiger partial charge in [0.2, 0.25) is 5.91 Å². The van der Waals surface area contributed by atoms with Gasteiger partial charge in [-0.2, -0.15) is 13.2 Å². The quantitative estimate of drug-likeness (QED) is 0.637. The molecule has 1 amide bonds. The van der Waals surface area contributed by atoms with Crippen LogP contribution in [0, 0.1) is 0 Å². The minimum atomic E-state index is -4.54. The molecule has 0 spiro atoms. The number of pyridine rings is 1. The molecule has 0 saturated carbocycles. The molecule has 12 heteroatoms. The van der Waals surface area contributed by atoms with E-state index in [1.165, 1.54) is 4.57 Å². The van der Waals surface area contributed by atoms with Gasteiger partial charge in [-0.25, -0.2) is 9.78 Å². The summed E-state index contributed by atoms with van der Waals surface area (Å²) in [5.41, 5.74) is -1.78. The maximum absolute atomic E-state index is 12.8. The highest BCUT2D eigenvalue weighted by molar-refractivity contribution is 6.33. The molecule has 0 atom stereocenters. The Labute approximate surface area is 183 Å². The molecule has 0 radical (unpaired) electrons. The Morgan fingerprint density at radius 2 is 1.81 bits per heavy atom. The van der Waals surface area contributed by atoms with Crippen LogP contribution >= 0.6 is 11.6 Å². The summed E-state index contributed by atoms with van der Waals surface area (Å²) in [5, 5.41) is 0.179. The van der Waals surface area contributed by atoms with Gasteiger partial charge in [0, 0.05) is 32.4 Å². The predicted molar refractivity (Wildman–Crippen MR) is 112 cm³/mol. The average molecular weight is 468 g/mol. The third-order valence-electron chi connectivity index (χ3n) is 5.28. The van der Waals surface area contributed by atoms with Crippen molar-refractivity contribution in [2.75, 3.05) is 31.1 Å². The first-order valence-electron chi connectivity index (χ1n) is 9.62. The second kappa shape index (κ2) is 8.30. The van der Waals surface area contributed by atoms with Crippen LogP contribution in [0.4, 0.5) is 19.0 Å². The molecular formula is C20H17ClF3N5O3. The first-order chi connectivity index (χ1) is 15.1. The van der Waals surface area contributed by atoms with Crippen LogP contribution < -0.4 is 16.1 Å². The zero-order valence-electron chi connectivity index (χ0n) is 16.5. The Hall–Kier alpha value is -3.34. The van der Waals surface area contributed by atoms with Gasteiger partial charge in [-0.1, -0.05) is 23.7 Å². The molecule has 32 heavy (non-hydrogen) atoms. The van der Waals surface area contributed by atoms with Crippen LogP contribution in [-0.2, 0) is 17.5 Å². The number of carbonyl (C=O) groups excluding carboxylic acids is 1. The molecule has 0 bridgehead atoms. The number of nitrogens with zero attached hydrogens (tertiary/aromatic N) is 4. The Kier molecular flexibility index (Phi) is 5.68. The van der Waals surface area contributed by atoms with Crippen molar-refractivity contribution in [3.63, 3.8) is 0 Å². The van der Waals surface area contributed by atoms with Gasteiger partial charge in [0.1, 0.15) is 12.4 Å². The average Bonchev–Trinajstić information content (AvgIpc) is 2.76. The minimum absolute atomic E-state index is 0.120. The Morgan fingerprint density at radius 1 is 1.12 bits per heavy atom. The van der Waals surface area contributed by atoms with Crippen LogP contribution in [0.15, 0.2) is 46.1 Å². The number of fused-ring (bicyclic) bond motifs is 1. The number of halogens is 4. The number of alkyl halides is 3. The van der Waals surface area contributed by atoms with Gasteiger partial charge in [-0.15, -0.1) is 0 Å². The van der Waals surface area contributed by atoms with Crippen LogP contribution in [0.1, 0.15) is 5.56 Å². The number of hydrogen-bond acceptors (Lipinski definition) is 5. The molecule has 3 heterocycles. The number of aromatic amines is 1. The van der Waals surface area contributed by atoms with E-state index < -0.39 is 23.0 Å². The van der Waals surface area contributed by atoms with Crippen molar-refractivity contribution >= 4 is 34.2 Å². The smallest absolute Gasteiger partial charge is 0.352 e. The second-order valence-electron chi connectivity index (χ2n) is 7.26. The number of piperazine rings is 1. The fourth-order valence-electron chi connectivity index (χ4n) is 3.62. The van der Waals surface area contributed by atoms with Gasteiger partial charge in [-0.3, -0.25) is 19.1 Å². The molecule has 1 N–H and O–H groups in total. The summed E-state index contributed by atoms with van der Waals surface area (Å²) in [6.45, 7) is 0.910. The number of rotatable bonds is 3. The number of H-pyrrole nitrogens is 1. The van der Waals surface area contributed by atoms with E-state index in [1.54, 1.807) is 34.1 Å². The largest absolute Gasteiger partial charge is 0.417 e. The highest BCUT2D eigenvalue weighted by Gasteiger charge is 2.32. The molecule has 0 aliphatic carbocycles. The second-order valence-corrected chi connectivity index (χ2v) is 7.66. The third kappa shape index (κ3) is 4.20. The Morgan fingerprint density at radius 3 is 2.47 bits per heavy atom. The number of anilines is 1. The molecule has 3 aromatic rings. The predicted octanol–water partition coefficient (Wildman–Crippen LogP) is 2.11. The lowest BCUT2D eigenvalue weighted by atomic mass is 10.2. The van der Waals surface area contributed by atoms with E-state index in [4.69, 9.17) is 11.6 Å². The zero-order chi connectivity index (χ0) is 23.0. The summed E-state index contributed by atoms with van der Waals surface area (Å²) < 4.78 is 39.6. The summed E-state index contributed by atoms with van der Waals surface area (Å²) in [6.07, 6.45) is -3.81. The fraction of sp³-hybridized carbons (Fsp3) is 0.300. The first kappa shape index (κ1) is 21.9. The summed E-state index contributed by atoms with van der Waals surface area (Å²) in [6, 6.07) is 7.31. The molecule has 4 rings (SSSR count). The van der Waals surface area contributed by atoms with E-state index in [2.05, 4.69) is 9.97 Å². The lowest BCUT2D eigenvalue weighted by molar-refractivity contribution is -0.138. The van der Waals surface area contributed by atoms with Gasteiger partial charge >= 0.3 is 11.9 Å². The number of para-hydroxylation sites is 1. The molecule has 1 aliphatic rings. The lowest BCUT2D eigenvalue weighted by Gasteiger charge is -2.36. The van der Waals surface area contributed by atoms with Crippen molar-refractivity contribution in [3.8, 4) is 0 Å². The van der Waals surface area contributed by atoms with Gasteiger partial charge < -0.3 is 9.80 Å². The van der Waals surface area contributed by atoms with Gasteiger partial charge in [0.15, 0.2) is 0 Å². The number of carbonyl (C=O) groups is 1.